The molecule has 142 valence electrons. The zero-order valence-electron chi connectivity index (χ0n) is 15.0. The molecule has 0 radical (unpaired) electrons. The van der Waals surface area contributed by atoms with Crippen LogP contribution < -0.4 is 9.47 Å². The Morgan fingerprint density at radius 3 is 2.63 bits per heavy atom. The predicted molar refractivity (Wildman–Crippen MR) is 105 cm³/mol. The molecule has 2 aromatic heterocycles. The number of benzene rings is 1. The molecule has 27 heavy (non-hydrogen) atoms. The summed E-state index contributed by atoms with van der Waals surface area (Å²) in [6, 6.07) is 6.83. The predicted octanol–water partition coefficient (Wildman–Crippen LogP) is 4.39. The van der Waals surface area contributed by atoms with Crippen LogP contribution in [0, 0.1) is 6.92 Å². The molecule has 6 nitrogen and oxygen atoms in total. The van der Waals surface area contributed by atoms with Gasteiger partial charge in [-0.3, -0.25) is 14.2 Å². The third kappa shape index (κ3) is 3.40. The molecule has 0 fully saturated rings. The summed E-state index contributed by atoms with van der Waals surface area (Å²) in [6.45, 7) is 4.10. The van der Waals surface area contributed by atoms with Gasteiger partial charge in [-0.25, -0.2) is 0 Å². The highest BCUT2D eigenvalue weighted by Gasteiger charge is 2.25. The van der Waals surface area contributed by atoms with E-state index in [9.17, 15) is 14.7 Å². The molecule has 0 atom stereocenters. The van der Waals surface area contributed by atoms with Gasteiger partial charge in [0.2, 0.25) is 0 Å². The van der Waals surface area contributed by atoms with Gasteiger partial charge in [0.1, 0.15) is 5.75 Å². The van der Waals surface area contributed by atoms with Crippen LogP contribution in [-0.4, -0.2) is 35.3 Å². The van der Waals surface area contributed by atoms with Crippen LogP contribution >= 0.6 is 22.9 Å². The molecule has 2 heterocycles. The fourth-order valence-electron chi connectivity index (χ4n) is 3.07. The topological polar surface area (TPSA) is 77.8 Å². The maximum absolute atomic E-state index is 13.2. The van der Waals surface area contributed by atoms with Gasteiger partial charge < -0.3 is 14.6 Å². The number of carboxylic acid groups (broad SMARTS) is 1. The Balaban J connectivity index is 2.22. The Morgan fingerprint density at radius 1 is 1.26 bits per heavy atom. The van der Waals surface area contributed by atoms with E-state index in [0.717, 1.165) is 0 Å². The van der Waals surface area contributed by atoms with Crippen LogP contribution in [0.4, 0.5) is 0 Å². The van der Waals surface area contributed by atoms with Crippen molar-refractivity contribution in [2.75, 3.05) is 13.7 Å². The Bertz CT molecular complexity index is 1040. The van der Waals surface area contributed by atoms with Gasteiger partial charge in [-0.15, -0.1) is 0 Å². The van der Waals surface area contributed by atoms with Crippen LogP contribution in [-0.2, 0) is 11.2 Å². The smallest absolute Gasteiger partial charge is 0.307 e. The number of hydrogen-bond acceptors (Lipinski definition) is 5. The molecular formula is C19H18ClNO5S. The highest BCUT2D eigenvalue weighted by Crippen LogP contribution is 2.39. The lowest BCUT2D eigenvalue weighted by atomic mass is 10.1. The zero-order chi connectivity index (χ0) is 19.7. The minimum absolute atomic E-state index is 0.246. The van der Waals surface area contributed by atoms with Crippen molar-refractivity contribution in [3.05, 3.63) is 45.4 Å². The van der Waals surface area contributed by atoms with Crippen molar-refractivity contribution in [1.29, 1.82) is 0 Å². The monoisotopic (exact) mass is 407 g/mol. The van der Waals surface area contributed by atoms with Gasteiger partial charge in [-0.1, -0.05) is 22.9 Å². The second-order valence-corrected chi connectivity index (χ2v) is 7.23. The van der Waals surface area contributed by atoms with Crippen molar-refractivity contribution >= 4 is 45.7 Å². The van der Waals surface area contributed by atoms with Crippen molar-refractivity contribution in [3.63, 3.8) is 0 Å². The van der Waals surface area contributed by atoms with Gasteiger partial charge in [-0.05, 0) is 43.7 Å². The summed E-state index contributed by atoms with van der Waals surface area (Å²) in [5.41, 5.74) is 1.58. The first-order chi connectivity index (χ1) is 12.9. The van der Waals surface area contributed by atoms with E-state index in [-0.39, 0.29) is 12.3 Å². The number of nitrogens with zero attached hydrogens (tertiary/aromatic N) is 1. The van der Waals surface area contributed by atoms with Gasteiger partial charge in [0, 0.05) is 11.1 Å². The van der Waals surface area contributed by atoms with E-state index in [2.05, 4.69) is 0 Å². The Morgan fingerprint density at radius 2 is 2.00 bits per heavy atom. The number of carbonyl (C=O) groups is 2. The Hall–Kier alpha value is -2.51. The first-order valence-electron chi connectivity index (χ1n) is 8.24. The molecule has 0 aliphatic rings. The quantitative estimate of drug-likeness (QED) is 0.655. The molecule has 3 rings (SSSR count). The van der Waals surface area contributed by atoms with Gasteiger partial charge in [0.25, 0.3) is 5.91 Å². The van der Waals surface area contributed by atoms with Crippen molar-refractivity contribution in [2.45, 2.75) is 20.3 Å². The van der Waals surface area contributed by atoms with E-state index >= 15 is 0 Å². The lowest BCUT2D eigenvalue weighted by Gasteiger charge is -2.07. The van der Waals surface area contributed by atoms with Crippen molar-refractivity contribution in [2.24, 2.45) is 0 Å². The number of methoxy groups -OCH3 is 1. The summed E-state index contributed by atoms with van der Waals surface area (Å²) in [6.07, 6.45) is -0.246. The Kier molecular flexibility index (Phi) is 5.43. The largest absolute Gasteiger partial charge is 0.495 e. The van der Waals surface area contributed by atoms with Gasteiger partial charge in [0.05, 0.1) is 35.6 Å². The van der Waals surface area contributed by atoms with E-state index < -0.39 is 5.97 Å². The molecular weight excluding hydrogens is 390 g/mol. The summed E-state index contributed by atoms with van der Waals surface area (Å²) in [5.74, 6) is -0.834. The van der Waals surface area contributed by atoms with Crippen LogP contribution in [0.1, 0.15) is 27.9 Å². The molecule has 0 amide bonds. The zero-order valence-corrected chi connectivity index (χ0v) is 16.6. The summed E-state index contributed by atoms with van der Waals surface area (Å²) in [5, 5.41) is 10.8. The molecule has 0 unspecified atom stereocenters. The summed E-state index contributed by atoms with van der Waals surface area (Å²) < 4.78 is 12.2. The van der Waals surface area contributed by atoms with E-state index in [1.807, 2.05) is 6.92 Å². The van der Waals surface area contributed by atoms with Gasteiger partial charge >= 0.3 is 5.97 Å². The average molecular weight is 408 g/mol. The normalized spacial score (nSPS) is 11.0. The molecule has 3 aromatic rings. The minimum atomic E-state index is -1.00. The van der Waals surface area contributed by atoms with Crippen molar-refractivity contribution < 1.29 is 24.2 Å². The number of halogens is 1. The highest BCUT2D eigenvalue weighted by molar-refractivity contribution is 7.15. The number of fused-ring (bicyclic) bond motifs is 1. The number of rotatable bonds is 6. The number of aliphatic carboxylic acids is 1. The molecule has 0 bridgehead atoms. The first kappa shape index (κ1) is 19.3. The van der Waals surface area contributed by atoms with Crippen LogP contribution in [0.5, 0.6) is 10.8 Å². The summed E-state index contributed by atoms with van der Waals surface area (Å²) in [4.78, 5) is 25.0. The second kappa shape index (κ2) is 7.62. The number of carbonyl (C=O) groups excluding carboxylic acids is 1. The molecule has 0 aliphatic carbocycles. The number of hydrogen-bond donors (Lipinski definition) is 1. The van der Waals surface area contributed by atoms with Crippen molar-refractivity contribution in [3.8, 4) is 10.8 Å². The SMILES string of the molecule is CCOc1ccc(C(=O)n2c(C)c(CC(=O)O)c3c(Cl)c(OC)ccc32)s1. The maximum atomic E-state index is 13.2. The highest BCUT2D eigenvalue weighted by atomic mass is 35.5. The van der Waals surface area contributed by atoms with E-state index in [0.29, 0.717) is 49.5 Å². The van der Waals surface area contributed by atoms with Crippen LogP contribution in [0.3, 0.4) is 0 Å². The number of thiophene rings is 1. The molecule has 8 heteroatoms. The summed E-state index contributed by atoms with van der Waals surface area (Å²) in [7, 11) is 1.49. The number of ether oxygens (including phenoxy) is 2. The van der Waals surface area contributed by atoms with Crippen LogP contribution in [0.15, 0.2) is 24.3 Å². The minimum Gasteiger partial charge on any atom is -0.495 e. The fourth-order valence-corrected chi connectivity index (χ4v) is 4.26. The third-order valence-electron chi connectivity index (χ3n) is 4.23. The van der Waals surface area contributed by atoms with E-state index in [4.69, 9.17) is 21.1 Å². The summed E-state index contributed by atoms with van der Waals surface area (Å²) >= 11 is 7.70. The standard InChI is InChI=1S/C19H18ClNO5S/c1-4-26-16-8-7-14(27-16)19(24)21-10(2)11(9-15(22)23)17-12(21)5-6-13(25-3)18(17)20/h5-8H,4,9H2,1-3H3,(H,22,23). The number of carboxylic acids is 1. The molecule has 0 saturated heterocycles. The van der Waals surface area contributed by atoms with Crippen LogP contribution in [0.25, 0.3) is 10.9 Å². The lowest BCUT2D eigenvalue weighted by Crippen LogP contribution is -2.12. The van der Waals surface area contributed by atoms with E-state index in [1.54, 1.807) is 31.2 Å². The molecule has 0 saturated carbocycles. The molecule has 1 N–H and O–H groups in total. The molecule has 0 spiro atoms. The van der Waals surface area contributed by atoms with Gasteiger partial charge in [-0.2, -0.15) is 0 Å². The number of aromatic nitrogens is 1. The molecule has 1 aromatic carbocycles. The van der Waals surface area contributed by atoms with Crippen LogP contribution in [0.2, 0.25) is 5.02 Å². The Labute approximate surface area is 164 Å². The first-order valence-corrected chi connectivity index (χ1v) is 9.44. The maximum Gasteiger partial charge on any atom is 0.307 e. The van der Waals surface area contributed by atoms with Crippen molar-refractivity contribution in [1.82, 2.24) is 4.57 Å². The van der Waals surface area contributed by atoms with Gasteiger partial charge in [0.15, 0.2) is 5.06 Å². The fraction of sp³-hybridized carbons (Fsp3) is 0.263. The average Bonchev–Trinajstić information content (AvgIpc) is 3.19. The second-order valence-electron chi connectivity index (χ2n) is 5.80. The van der Waals surface area contributed by atoms with E-state index in [1.165, 1.54) is 23.0 Å². The third-order valence-corrected chi connectivity index (χ3v) is 5.59. The lowest BCUT2D eigenvalue weighted by molar-refractivity contribution is -0.136. The molecule has 0 aliphatic heterocycles.